The smallest absolute Gasteiger partial charge is 0.332 e. The quantitative estimate of drug-likeness (QED) is 0.843. The average molecular weight is 406 g/mol. The fourth-order valence-corrected chi connectivity index (χ4v) is 3.94. The van der Waals surface area contributed by atoms with Crippen LogP contribution in [0.4, 0.5) is 24.8 Å². The second kappa shape index (κ2) is 7.16. The molecule has 0 aromatic carbocycles. The molecule has 1 N–H and O–H groups in total. The van der Waals surface area contributed by atoms with E-state index in [1.807, 2.05) is 6.08 Å². The Hall–Kier alpha value is -2.91. The molecular formula is C19H21F3N6O. The van der Waals surface area contributed by atoms with E-state index in [2.05, 4.69) is 20.4 Å². The van der Waals surface area contributed by atoms with Crippen LogP contribution in [0.5, 0.6) is 0 Å². The second-order valence-corrected chi connectivity index (χ2v) is 7.50. The van der Waals surface area contributed by atoms with Crippen LogP contribution in [0.2, 0.25) is 0 Å². The third-order valence-electron chi connectivity index (χ3n) is 5.46. The first-order chi connectivity index (χ1) is 13.7. The van der Waals surface area contributed by atoms with Crippen molar-refractivity contribution in [1.29, 1.82) is 0 Å². The summed E-state index contributed by atoms with van der Waals surface area (Å²) in [6.45, 7) is 0.932. The molecular weight excluding hydrogens is 385 g/mol. The number of halogens is 3. The highest BCUT2D eigenvalue weighted by Gasteiger charge is 2.48. The van der Waals surface area contributed by atoms with E-state index in [-0.39, 0.29) is 12.1 Å². The van der Waals surface area contributed by atoms with Crippen LogP contribution in [0.3, 0.4) is 0 Å². The summed E-state index contributed by atoms with van der Waals surface area (Å²) in [6, 6.07) is 1.21. The first-order valence-electron chi connectivity index (χ1n) is 9.41. The van der Waals surface area contributed by atoms with Crippen molar-refractivity contribution in [2.45, 2.75) is 44.4 Å². The lowest BCUT2D eigenvalue weighted by Crippen LogP contribution is -2.48. The van der Waals surface area contributed by atoms with Gasteiger partial charge in [-0.1, -0.05) is 6.08 Å². The van der Waals surface area contributed by atoms with Crippen molar-refractivity contribution in [3.8, 4) is 0 Å². The highest BCUT2D eigenvalue weighted by atomic mass is 19.4. The van der Waals surface area contributed by atoms with E-state index < -0.39 is 18.0 Å². The minimum atomic E-state index is -4.53. The number of carbonyl (C=O) groups is 1. The maximum Gasteiger partial charge on any atom is 0.400 e. The molecule has 4 rings (SSSR count). The Kier molecular flexibility index (Phi) is 4.79. The number of nitrogens with zero attached hydrogens (tertiary/aromatic N) is 5. The second-order valence-electron chi connectivity index (χ2n) is 7.50. The number of alkyl halides is 3. The first kappa shape index (κ1) is 19.4. The molecule has 29 heavy (non-hydrogen) atoms. The van der Waals surface area contributed by atoms with Gasteiger partial charge in [-0.2, -0.15) is 18.3 Å². The monoisotopic (exact) mass is 406 g/mol. The van der Waals surface area contributed by atoms with Crippen LogP contribution < -0.4 is 5.32 Å². The maximum atomic E-state index is 13.0. The van der Waals surface area contributed by atoms with Crippen molar-refractivity contribution in [3.05, 3.63) is 36.4 Å². The van der Waals surface area contributed by atoms with Gasteiger partial charge in [-0.3, -0.25) is 9.48 Å². The van der Waals surface area contributed by atoms with E-state index in [1.54, 1.807) is 36.4 Å². The predicted octanol–water partition coefficient (Wildman–Crippen LogP) is 3.30. The van der Waals surface area contributed by atoms with Gasteiger partial charge in [-0.15, -0.1) is 0 Å². The number of rotatable bonds is 4. The zero-order valence-electron chi connectivity index (χ0n) is 16.0. The highest BCUT2D eigenvalue weighted by Crippen LogP contribution is 2.40. The summed E-state index contributed by atoms with van der Waals surface area (Å²) in [5.41, 5.74) is 2.39. The average Bonchev–Trinajstić information content (AvgIpc) is 3.19. The Morgan fingerprint density at radius 3 is 2.79 bits per heavy atom. The Balaban J connectivity index is 1.54. The minimum absolute atomic E-state index is 0.234. The lowest BCUT2D eigenvalue weighted by atomic mass is 9.96. The number of amides is 1. The van der Waals surface area contributed by atoms with Gasteiger partial charge >= 0.3 is 6.18 Å². The van der Waals surface area contributed by atoms with Gasteiger partial charge in [0.2, 0.25) is 11.9 Å². The van der Waals surface area contributed by atoms with Crippen molar-refractivity contribution < 1.29 is 18.0 Å². The summed E-state index contributed by atoms with van der Waals surface area (Å²) in [6.07, 6.45) is 4.26. The lowest BCUT2D eigenvalue weighted by Gasteiger charge is -2.36. The zero-order valence-corrected chi connectivity index (χ0v) is 16.0. The molecule has 4 heterocycles. The minimum Gasteiger partial charge on any atom is -0.332 e. The number of hydrogen-bond donors (Lipinski definition) is 1. The molecule has 2 bridgehead atoms. The molecule has 1 fully saturated rings. The van der Waals surface area contributed by atoms with Crippen molar-refractivity contribution in [1.82, 2.24) is 24.6 Å². The Bertz CT molecular complexity index is 953. The van der Waals surface area contributed by atoms with Gasteiger partial charge < -0.3 is 10.2 Å². The van der Waals surface area contributed by atoms with Crippen LogP contribution in [0.15, 0.2) is 30.7 Å². The fourth-order valence-electron chi connectivity index (χ4n) is 3.94. The Morgan fingerprint density at radius 1 is 1.34 bits per heavy atom. The third kappa shape index (κ3) is 3.83. The van der Waals surface area contributed by atoms with Crippen LogP contribution in [0.25, 0.3) is 5.57 Å². The highest BCUT2D eigenvalue weighted by molar-refractivity contribution is 5.82. The van der Waals surface area contributed by atoms with Crippen molar-refractivity contribution in [2.24, 2.45) is 13.0 Å². The molecule has 0 saturated carbocycles. The van der Waals surface area contributed by atoms with Gasteiger partial charge in [0.05, 0.1) is 23.6 Å². The molecule has 154 valence electrons. The van der Waals surface area contributed by atoms with E-state index in [0.717, 1.165) is 18.2 Å². The van der Waals surface area contributed by atoms with E-state index in [9.17, 15) is 18.0 Å². The number of carbonyl (C=O) groups excluding carboxylic acids is 1. The van der Waals surface area contributed by atoms with E-state index in [1.165, 1.54) is 4.90 Å². The summed E-state index contributed by atoms with van der Waals surface area (Å²) >= 11 is 0. The van der Waals surface area contributed by atoms with Gasteiger partial charge in [-0.05, 0) is 37.8 Å². The molecule has 2 aromatic rings. The predicted molar refractivity (Wildman–Crippen MR) is 100.0 cm³/mol. The van der Waals surface area contributed by atoms with Crippen LogP contribution in [-0.4, -0.2) is 48.8 Å². The maximum absolute atomic E-state index is 13.0. The molecule has 0 spiro atoms. The number of fused-ring (bicyclic) bond motifs is 2. The van der Waals surface area contributed by atoms with Crippen LogP contribution >= 0.6 is 0 Å². The molecule has 3 atom stereocenters. The molecule has 3 unspecified atom stereocenters. The van der Waals surface area contributed by atoms with Crippen LogP contribution in [0, 0.1) is 5.92 Å². The molecule has 2 aliphatic heterocycles. The number of aromatic nitrogens is 4. The number of anilines is 2. The summed E-state index contributed by atoms with van der Waals surface area (Å²) in [5, 5.41) is 7.16. The van der Waals surface area contributed by atoms with E-state index in [4.69, 9.17) is 0 Å². The van der Waals surface area contributed by atoms with Crippen LogP contribution in [-0.2, 0) is 11.8 Å². The first-order valence-corrected chi connectivity index (χ1v) is 9.41. The fraction of sp³-hybridized carbons (Fsp3) is 0.474. The third-order valence-corrected chi connectivity index (χ3v) is 5.46. The van der Waals surface area contributed by atoms with Gasteiger partial charge in [-0.25, -0.2) is 9.97 Å². The lowest BCUT2D eigenvalue weighted by molar-refractivity contribution is -0.186. The normalized spacial score (nSPS) is 22.4. The molecule has 1 saturated heterocycles. The largest absolute Gasteiger partial charge is 0.400 e. The van der Waals surface area contributed by atoms with E-state index in [0.29, 0.717) is 30.9 Å². The number of nitrogens with one attached hydrogen (secondary N) is 1. The van der Waals surface area contributed by atoms with Crippen molar-refractivity contribution in [2.75, 3.05) is 5.32 Å². The van der Waals surface area contributed by atoms with Crippen molar-refractivity contribution in [3.63, 3.8) is 0 Å². The summed E-state index contributed by atoms with van der Waals surface area (Å²) in [5.74, 6) is -2.43. The number of hydrogen-bond acceptors (Lipinski definition) is 5. The van der Waals surface area contributed by atoms with Gasteiger partial charge in [0.15, 0.2) is 0 Å². The van der Waals surface area contributed by atoms with Gasteiger partial charge in [0.25, 0.3) is 0 Å². The van der Waals surface area contributed by atoms with Crippen LogP contribution in [0.1, 0.15) is 31.9 Å². The summed E-state index contributed by atoms with van der Waals surface area (Å²) < 4.78 is 40.7. The zero-order chi connectivity index (χ0) is 20.8. The standard InChI is InChI=1S/C19H21F3N6O/c1-11(19(20,21)22)17(29)28-14-3-4-15(28)8-12(7-14)16-5-6-23-18(26-16)25-13-9-24-27(2)10-13/h5-7,9-11,14-15H,3-4,8H2,1-2H3,(H,23,25,26). The Morgan fingerprint density at radius 2 is 2.14 bits per heavy atom. The SMILES string of the molecule is CC(C(=O)N1C2C=C(c3ccnc(Nc4cnn(C)c4)n3)CC1CC2)C(F)(F)F. The molecule has 7 nitrogen and oxygen atoms in total. The van der Waals surface area contributed by atoms with E-state index >= 15 is 0 Å². The summed E-state index contributed by atoms with van der Waals surface area (Å²) in [4.78, 5) is 22.6. The topological polar surface area (TPSA) is 75.9 Å². The van der Waals surface area contributed by atoms with Crippen molar-refractivity contribution >= 4 is 23.1 Å². The molecule has 2 aliphatic rings. The van der Waals surface area contributed by atoms with Gasteiger partial charge in [0.1, 0.15) is 5.92 Å². The molecule has 10 heteroatoms. The van der Waals surface area contributed by atoms with Gasteiger partial charge in [0, 0.05) is 25.5 Å². The summed E-state index contributed by atoms with van der Waals surface area (Å²) in [7, 11) is 1.80. The Labute approximate surface area is 165 Å². The molecule has 0 aliphatic carbocycles. The molecule has 0 radical (unpaired) electrons. The number of aryl methyl sites for hydroxylation is 1. The molecule has 1 amide bonds. The molecule has 2 aromatic heterocycles.